The third kappa shape index (κ3) is 2.95. The van der Waals surface area contributed by atoms with Crippen LogP contribution < -0.4 is 10.1 Å². The van der Waals surface area contributed by atoms with Crippen LogP contribution in [0.5, 0.6) is 5.75 Å². The topological polar surface area (TPSA) is 44.8 Å². The number of carbonyl (C=O) groups is 1. The summed E-state index contributed by atoms with van der Waals surface area (Å²) in [7, 11) is 0. The van der Waals surface area contributed by atoms with Crippen molar-refractivity contribution in [2.75, 3.05) is 45.9 Å². The maximum Gasteiger partial charge on any atom is 0.230 e. The molecule has 2 unspecified atom stereocenters. The van der Waals surface area contributed by atoms with Gasteiger partial charge in [-0.25, -0.2) is 0 Å². The molecule has 0 saturated carbocycles. The van der Waals surface area contributed by atoms with E-state index in [4.69, 9.17) is 4.74 Å². The maximum absolute atomic E-state index is 13.0. The second kappa shape index (κ2) is 6.49. The lowest BCUT2D eigenvalue weighted by molar-refractivity contribution is -0.135. The van der Waals surface area contributed by atoms with Crippen LogP contribution in [0.2, 0.25) is 0 Å². The van der Waals surface area contributed by atoms with Gasteiger partial charge in [0.05, 0.1) is 12.5 Å². The molecule has 0 radical (unpaired) electrons. The van der Waals surface area contributed by atoms with Crippen LogP contribution >= 0.6 is 0 Å². The smallest absolute Gasteiger partial charge is 0.230 e. The molecule has 3 aliphatic heterocycles. The number of rotatable bonds is 2. The molecule has 124 valence electrons. The van der Waals surface area contributed by atoms with Crippen LogP contribution in [0.15, 0.2) is 24.3 Å². The molecular formula is C18H25N3O2. The van der Waals surface area contributed by atoms with Gasteiger partial charge in [-0.15, -0.1) is 0 Å². The lowest BCUT2D eigenvalue weighted by Crippen LogP contribution is -2.53. The third-order valence-electron chi connectivity index (χ3n) is 5.43. The van der Waals surface area contributed by atoms with Crippen LogP contribution in [0.25, 0.3) is 0 Å². The second-order valence-corrected chi connectivity index (χ2v) is 6.74. The number of para-hydroxylation sites is 1. The summed E-state index contributed by atoms with van der Waals surface area (Å²) < 4.78 is 5.69. The highest BCUT2D eigenvalue weighted by Crippen LogP contribution is 2.34. The molecule has 3 aliphatic rings. The number of nitrogens with zero attached hydrogens (tertiary/aromatic N) is 2. The fourth-order valence-corrected chi connectivity index (χ4v) is 4.08. The Hall–Kier alpha value is -1.59. The van der Waals surface area contributed by atoms with Crippen molar-refractivity contribution >= 4 is 5.91 Å². The largest absolute Gasteiger partial charge is 0.493 e. The zero-order chi connectivity index (χ0) is 15.6. The van der Waals surface area contributed by atoms with E-state index in [1.165, 1.54) is 6.42 Å². The molecule has 1 aromatic carbocycles. The SMILES string of the molecule is O=C(C1CCOc2ccccc21)N1CCN(C2CCNC2)CC1. The van der Waals surface area contributed by atoms with Crippen LogP contribution in [-0.4, -0.2) is 67.6 Å². The van der Waals surface area contributed by atoms with E-state index >= 15 is 0 Å². The molecule has 1 N–H and O–H groups in total. The van der Waals surface area contributed by atoms with Gasteiger partial charge in [-0.2, -0.15) is 0 Å². The molecule has 0 spiro atoms. The monoisotopic (exact) mass is 315 g/mol. The summed E-state index contributed by atoms with van der Waals surface area (Å²) in [6.07, 6.45) is 2.03. The van der Waals surface area contributed by atoms with Crippen LogP contribution in [0, 0.1) is 0 Å². The predicted molar refractivity (Wildman–Crippen MR) is 88.7 cm³/mol. The predicted octanol–water partition coefficient (Wildman–Crippen LogP) is 1.06. The average Bonchev–Trinajstić information content (AvgIpc) is 3.15. The molecule has 2 atom stereocenters. The summed E-state index contributed by atoms with van der Waals surface area (Å²) in [6, 6.07) is 8.65. The number of amides is 1. The Kier molecular flexibility index (Phi) is 4.23. The lowest BCUT2D eigenvalue weighted by atomic mass is 9.91. The molecular weight excluding hydrogens is 290 g/mol. The zero-order valence-electron chi connectivity index (χ0n) is 13.5. The fraction of sp³-hybridized carbons (Fsp3) is 0.611. The standard InChI is InChI=1S/C18H25N3O2/c22-18(16-6-12-23-17-4-2-1-3-15(16)17)21-10-8-20(9-11-21)14-5-7-19-13-14/h1-4,14,16,19H,5-13H2. The highest BCUT2D eigenvalue weighted by Gasteiger charge is 2.33. The molecule has 5 nitrogen and oxygen atoms in total. The number of benzene rings is 1. The molecule has 5 heteroatoms. The summed E-state index contributed by atoms with van der Waals surface area (Å²) in [4.78, 5) is 17.6. The molecule has 1 amide bonds. The zero-order valence-corrected chi connectivity index (χ0v) is 13.5. The van der Waals surface area contributed by atoms with Gasteiger partial charge in [-0.1, -0.05) is 18.2 Å². The Morgan fingerprint density at radius 1 is 1.13 bits per heavy atom. The van der Waals surface area contributed by atoms with Crippen molar-refractivity contribution in [3.63, 3.8) is 0 Å². The van der Waals surface area contributed by atoms with E-state index in [0.29, 0.717) is 12.6 Å². The quantitative estimate of drug-likeness (QED) is 0.886. The molecule has 3 heterocycles. The van der Waals surface area contributed by atoms with Gasteiger partial charge in [0.15, 0.2) is 0 Å². The van der Waals surface area contributed by atoms with Crippen LogP contribution in [0.1, 0.15) is 24.3 Å². The highest BCUT2D eigenvalue weighted by molar-refractivity contribution is 5.85. The van der Waals surface area contributed by atoms with Gasteiger partial charge < -0.3 is 15.0 Å². The Morgan fingerprint density at radius 3 is 2.74 bits per heavy atom. The van der Waals surface area contributed by atoms with Gasteiger partial charge >= 0.3 is 0 Å². The van der Waals surface area contributed by atoms with Gasteiger partial charge in [0.25, 0.3) is 0 Å². The number of hydrogen-bond donors (Lipinski definition) is 1. The summed E-state index contributed by atoms with van der Waals surface area (Å²) in [5, 5.41) is 3.43. The first-order chi connectivity index (χ1) is 11.3. The number of nitrogens with one attached hydrogen (secondary N) is 1. The number of fused-ring (bicyclic) bond motifs is 1. The molecule has 1 aromatic rings. The van der Waals surface area contributed by atoms with Crippen molar-refractivity contribution in [2.24, 2.45) is 0 Å². The van der Waals surface area contributed by atoms with Crippen molar-refractivity contribution in [3.05, 3.63) is 29.8 Å². The van der Waals surface area contributed by atoms with E-state index in [1.54, 1.807) is 0 Å². The molecule has 0 aromatic heterocycles. The van der Waals surface area contributed by atoms with E-state index in [-0.39, 0.29) is 11.8 Å². The summed E-state index contributed by atoms with van der Waals surface area (Å²) >= 11 is 0. The molecule has 4 rings (SSSR count). The fourth-order valence-electron chi connectivity index (χ4n) is 4.08. The Morgan fingerprint density at radius 2 is 1.96 bits per heavy atom. The highest BCUT2D eigenvalue weighted by atomic mass is 16.5. The van der Waals surface area contributed by atoms with Gasteiger partial charge in [0.1, 0.15) is 5.75 Å². The van der Waals surface area contributed by atoms with E-state index in [0.717, 1.165) is 57.0 Å². The van der Waals surface area contributed by atoms with Gasteiger partial charge in [0, 0.05) is 44.3 Å². The first-order valence-electron chi connectivity index (χ1n) is 8.78. The van der Waals surface area contributed by atoms with Crippen molar-refractivity contribution in [1.82, 2.24) is 15.1 Å². The van der Waals surface area contributed by atoms with Gasteiger partial charge in [0.2, 0.25) is 5.91 Å². The number of carbonyl (C=O) groups excluding carboxylic acids is 1. The summed E-state index contributed by atoms with van der Waals surface area (Å²) in [5.74, 6) is 1.14. The minimum absolute atomic E-state index is 0.0281. The minimum atomic E-state index is -0.0281. The molecule has 23 heavy (non-hydrogen) atoms. The van der Waals surface area contributed by atoms with Crippen molar-refractivity contribution in [3.8, 4) is 5.75 Å². The van der Waals surface area contributed by atoms with Crippen LogP contribution in [-0.2, 0) is 4.79 Å². The summed E-state index contributed by atoms with van der Waals surface area (Å²) in [6.45, 7) is 6.58. The number of hydrogen-bond acceptors (Lipinski definition) is 4. The molecule has 0 aliphatic carbocycles. The lowest BCUT2D eigenvalue weighted by Gasteiger charge is -2.39. The molecule has 2 saturated heterocycles. The Labute approximate surface area is 137 Å². The van der Waals surface area contributed by atoms with Gasteiger partial charge in [-0.3, -0.25) is 9.69 Å². The molecule has 0 bridgehead atoms. The van der Waals surface area contributed by atoms with E-state index < -0.39 is 0 Å². The van der Waals surface area contributed by atoms with E-state index in [2.05, 4.69) is 15.1 Å². The Bertz CT molecular complexity index is 563. The van der Waals surface area contributed by atoms with Crippen molar-refractivity contribution in [2.45, 2.75) is 24.8 Å². The van der Waals surface area contributed by atoms with Crippen molar-refractivity contribution in [1.29, 1.82) is 0 Å². The maximum atomic E-state index is 13.0. The second-order valence-electron chi connectivity index (χ2n) is 6.74. The minimum Gasteiger partial charge on any atom is -0.493 e. The Balaban J connectivity index is 1.41. The third-order valence-corrected chi connectivity index (χ3v) is 5.43. The van der Waals surface area contributed by atoms with Crippen molar-refractivity contribution < 1.29 is 9.53 Å². The van der Waals surface area contributed by atoms with Gasteiger partial charge in [-0.05, 0) is 25.5 Å². The number of piperazine rings is 1. The van der Waals surface area contributed by atoms with Crippen LogP contribution in [0.3, 0.4) is 0 Å². The van der Waals surface area contributed by atoms with E-state index in [1.807, 2.05) is 24.3 Å². The average molecular weight is 315 g/mol. The first-order valence-corrected chi connectivity index (χ1v) is 8.78. The number of ether oxygens (including phenoxy) is 1. The normalized spacial score (nSPS) is 28.3. The first kappa shape index (κ1) is 15.0. The van der Waals surface area contributed by atoms with E-state index in [9.17, 15) is 4.79 Å². The molecule has 2 fully saturated rings. The summed E-state index contributed by atoms with van der Waals surface area (Å²) in [5.41, 5.74) is 1.06. The van der Waals surface area contributed by atoms with Crippen LogP contribution in [0.4, 0.5) is 0 Å².